The first-order valence-corrected chi connectivity index (χ1v) is 6.79. The lowest BCUT2D eigenvalue weighted by Crippen LogP contribution is -2.17. The van der Waals surface area contributed by atoms with Crippen molar-refractivity contribution >= 4 is 28.9 Å². The average Bonchev–Trinajstić information content (AvgIpc) is 2.39. The Bertz CT molecular complexity index is 713. The van der Waals surface area contributed by atoms with E-state index < -0.39 is 0 Å². The minimum Gasteiger partial charge on any atom is -0.384 e. The fourth-order valence-electron chi connectivity index (χ4n) is 1.69. The lowest BCUT2D eigenvalue weighted by molar-refractivity contribution is 0.547. The number of nitrogens with two attached hydrogens (primary N) is 1. The van der Waals surface area contributed by atoms with Crippen molar-refractivity contribution < 1.29 is 0 Å². The predicted octanol–water partition coefficient (Wildman–Crippen LogP) is 3.62. The Hall–Kier alpha value is -2.32. The van der Waals surface area contributed by atoms with Crippen molar-refractivity contribution in [1.82, 2.24) is 9.97 Å². The van der Waals surface area contributed by atoms with Crippen LogP contribution in [0, 0.1) is 11.3 Å². The third-order valence-corrected chi connectivity index (χ3v) is 3.09. The van der Waals surface area contributed by atoms with Gasteiger partial charge in [-0.2, -0.15) is 5.26 Å². The molecular weight excluding hydrogens is 286 g/mol. The van der Waals surface area contributed by atoms with E-state index in [2.05, 4.69) is 15.3 Å². The summed E-state index contributed by atoms with van der Waals surface area (Å²) in [7, 11) is 0. The number of nitrogen functional groups attached to an aromatic ring is 1. The van der Waals surface area contributed by atoms with Gasteiger partial charge in [0.05, 0.1) is 22.3 Å². The molecule has 1 aromatic heterocycles. The second kappa shape index (κ2) is 5.58. The van der Waals surface area contributed by atoms with Crippen LogP contribution in [0.2, 0.25) is 5.02 Å². The van der Waals surface area contributed by atoms with E-state index in [1.807, 2.05) is 26.8 Å². The van der Waals surface area contributed by atoms with Gasteiger partial charge in [0.1, 0.15) is 17.5 Å². The Morgan fingerprint density at radius 3 is 2.52 bits per heavy atom. The number of nitrogens with zero attached hydrogens (tertiary/aromatic N) is 3. The normalized spacial score (nSPS) is 11.0. The Kier molecular flexibility index (Phi) is 4.01. The van der Waals surface area contributed by atoms with Crippen molar-refractivity contribution in [3.05, 3.63) is 40.7 Å². The SMILES string of the molecule is CC(C)(C)c1nc(N)cc(Nc2ccc(C#N)cc2Cl)n1. The standard InChI is InChI=1S/C15H16ClN5/c1-15(2,3)14-20-12(18)7-13(21-14)19-11-5-4-9(8-17)6-10(11)16/h4-7H,1-3H3,(H3,18,19,20,21). The van der Waals surface area contributed by atoms with Gasteiger partial charge >= 0.3 is 0 Å². The van der Waals surface area contributed by atoms with Crippen LogP contribution in [0.25, 0.3) is 0 Å². The first-order valence-electron chi connectivity index (χ1n) is 6.41. The molecule has 108 valence electrons. The van der Waals surface area contributed by atoms with Crippen molar-refractivity contribution in [1.29, 1.82) is 5.26 Å². The van der Waals surface area contributed by atoms with Gasteiger partial charge in [0.15, 0.2) is 0 Å². The molecule has 0 aliphatic rings. The third-order valence-electron chi connectivity index (χ3n) is 2.78. The number of halogens is 1. The van der Waals surface area contributed by atoms with Crippen LogP contribution < -0.4 is 11.1 Å². The first kappa shape index (κ1) is 15.1. The fourth-order valence-corrected chi connectivity index (χ4v) is 1.92. The molecule has 0 saturated carbocycles. The number of nitriles is 1. The van der Waals surface area contributed by atoms with Crippen LogP contribution in [0.4, 0.5) is 17.3 Å². The van der Waals surface area contributed by atoms with Crippen LogP contribution in [0.15, 0.2) is 24.3 Å². The maximum absolute atomic E-state index is 8.84. The van der Waals surface area contributed by atoms with Gasteiger partial charge < -0.3 is 11.1 Å². The highest BCUT2D eigenvalue weighted by Gasteiger charge is 2.18. The molecule has 2 aromatic rings. The summed E-state index contributed by atoms with van der Waals surface area (Å²) in [5.41, 5.74) is 6.78. The maximum Gasteiger partial charge on any atom is 0.138 e. The Morgan fingerprint density at radius 1 is 1.24 bits per heavy atom. The van der Waals surface area contributed by atoms with Crippen molar-refractivity contribution in [3.8, 4) is 6.07 Å². The number of hydrogen-bond acceptors (Lipinski definition) is 5. The molecule has 1 heterocycles. The van der Waals surface area contributed by atoms with Crippen molar-refractivity contribution in [2.24, 2.45) is 0 Å². The molecule has 0 atom stereocenters. The molecule has 0 aliphatic carbocycles. The van der Waals surface area contributed by atoms with Crippen LogP contribution in [0.5, 0.6) is 0 Å². The monoisotopic (exact) mass is 301 g/mol. The number of aromatic nitrogens is 2. The molecule has 0 amide bonds. The summed E-state index contributed by atoms with van der Waals surface area (Å²) in [5.74, 6) is 1.61. The molecule has 0 saturated heterocycles. The van der Waals surface area contributed by atoms with E-state index in [-0.39, 0.29) is 5.41 Å². The molecule has 0 unspecified atom stereocenters. The summed E-state index contributed by atoms with van der Waals surface area (Å²) >= 11 is 6.14. The van der Waals surface area contributed by atoms with Gasteiger partial charge in [-0.15, -0.1) is 0 Å². The highest BCUT2D eigenvalue weighted by Crippen LogP contribution is 2.27. The second-order valence-corrected chi connectivity index (χ2v) is 6.09. The minimum absolute atomic E-state index is 0.208. The zero-order valence-corrected chi connectivity index (χ0v) is 12.9. The highest BCUT2D eigenvalue weighted by molar-refractivity contribution is 6.33. The second-order valence-electron chi connectivity index (χ2n) is 5.68. The van der Waals surface area contributed by atoms with E-state index >= 15 is 0 Å². The fraction of sp³-hybridized carbons (Fsp3) is 0.267. The summed E-state index contributed by atoms with van der Waals surface area (Å²) in [5, 5.41) is 12.4. The highest BCUT2D eigenvalue weighted by atomic mass is 35.5. The maximum atomic E-state index is 8.84. The summed E-state index contributed by atoms with van der Waals surface area (Å²) in [6.07, 6.45) is 0. The van der Waals surface area contributed by atoms with E-state index in [4.69, 9.17) is 22.6 Å². The van der Waals surface area contributed by atoms with E-state index in [1.165, 1.54) is 0 Å². The molecule has 5 nitrogen and oxygen atoms in total. The number of rotatable bonds is 2. The predicted molar refractivity (Wildman–Crippen MR) is 84.6 cm³/mol. The topological polar surface area (TPSA) is 87.6 Å². The smallest absolute Gasteiger partial charge is 0.138 e. The molecular formula is C15H16ClN5. The zero-order chi connectivity index (χ0) is 15.6. The Balaban J connectivity index is 2.36. The lowest BCUT2D eigenvalue weighted by atomic mass is 9.96. The number of hydrogen-bond donors (Lipinski definition) is 2. The van der Waals surface area contributed by atoms with Gasteiger partial charge in [-0.3, -0.25) is 0 Å². The first-order chi connectivity index (χ1) is 9.79. The van der Waals surface area contributed by atoms with Gasteiger partial charge in [0.2, 0.25) is 0 Å². The van der Waals surface area contributed by atoms with E-state index in [9.17, 15) is 0 Å². The van der Waals surface area contributed by atoms with Gasteiger partial charge in [-0.1, -0.05) is 32.4 Å². The molecule has 0 spiro atoms. The average molecular weight is 302 g/mol. The summed E-state index contributed by atoms with van der Waals surface area (Å²) in [4.78, 5) is 8.71. The Labute approximate surface area is 128 Å². The molecule has 0 fully saturated rings. The quantitative estimate of drug-likeness (QED) is 0.884. The molecule has 0 aliphatic heterocycles. The Morgan fingerprint density at radius 2 is 1.95 bits per heavy atom. The molecule has 6 heteroatoms. The molecule has 0 radical (unpaired) electrons. The van der Waals surface area contributed by atoms with E-state index in [0.29, 0.717) is 33.7 Å². The summed E-state index contributed by atoms with van der Waals surface area (Å²) in [6, 6.07) is 8.69. The summed E-state index contributed by atoms with van der Waals surface area (Å²) in [6.45, 7) is 6.04. The van der Waals surface area contributed by atoms with Crippen molar-refractivity contribution in [2.75, 3.05) is 11.1 Å². The third kappa shape index (κ3) is 3.61. The number of benzene rings is 1. The van der Waals surface area contributed by atoms with Crippen molar-refractivity contribution in [2.45, 2.75) is 26.2 Å². The van der Waals surface area contributed by atoms with Gasteiger partial charge in [0, 0.05) is 11.5 Å². The molecule has 0 bridgehead atoms. The van der Waals surface area contributed by atoms with Crippen LogP contribution in [0.3, 0.4) is 0 Å². The van der Waals surface area contributed by atoms with Gasteiger partial charge in [-0.25, -0.2) is 9.97 Å². The van der Waals surface area contributed by atoms with E-state index in [0.717, 1.165) is 0 Å². The van der Waals surface area contributed by atoms with E-state index in [1.54, 1.807) is 24.3 Å². The lowest BCUT2D eigenvalue weighted by Gasteiger charge is -2.18. The van der Waals surface area contributed by atoms with Gasteiger partial charge in [-0.05, 0) is 18.2 Å². The minimum atomic E-state index is -0.208. The van der Waals surface area contributed by atoms with Crippen molar-refractivity contribution in [3.63, 3.8) is 0 Å². The number of anilines is 3. The van der Waals surface area contributed by atoms with Crippen LogP contribution in [-0.4, -0.2) is 9.97 Å². The van der Waals surface area contributed by atoms with Crippen LogP contribution in [0.1, 0.15) is 32.2 Å². The van der Waals surface area contributed by atoms with Crippen LogP contribution in [-0.2, 0) is 5.41 Å². The molecule has 21 heavy (non-hydrogen) atoms. The molecule has 1 aromatic carbocycles. The largest absolute Gasteiger partial charge is 0.384 e. The molecule has 3 N–H and O–H groups in total. The zero-order valence-electron chi connectivity index (χ0n) is 12.1. The van der Waals surface area contributed by atoms with Gasteiger partial charge in [0.25, 0.3) is 0 Å². The number of nitrogens with one attached hydrogen (secondary N) is 1. The molecule has 2 rings (SSSR count). The van der Waals surface area contributed by atoms with Crippen LogP contribution >= 0.6 is 11.6 Å². The summed E-state index contributed by atoms with van der Waals surface area (Å²) < 4.78 is 0.